The number of benzene rings is 2. The van der Waals surface area contributed by atoms with Crippen molar-refractivity contribution >= 4 is 28.9 Å². The first-order valence-electron chi connectivity index (χ1n) is 7.44. The molecule has 0 radical (unpaired) electrons. The summed E-state index contributed by atoms with van der Waals surface area (Å²) in [6, 6.07) is 15.5. The number of carbonyl (C=O) groups is 1. The van der Waals surface area contributed by atoms with Gasteiger partial charge in [0, 0.05) is 29.4 Å². The molecule has 2 N–H and O–H groups in total. The van der Waals surface area contributed by atoms with E-state index in [1.807, 2.05) is 24.3 Å². The summed E-state index contributed by atoms with van der Waals surface area (Å²) in [5, 5.41) is 6.69. The third-order valence-electron chi connectivity index (χ3n) is 3.37. The number of hydrogen-bond donors (Lipinski definition) is 2. The Balaban J connectivity index is 1.77. The van der Waals surface area contributed by atoms with Crippen molar-refractivity contribution < 1.29 is 4.79 Å². The third kappa shape index (κ3) is 5.08. The van der Waals surface area contributed by atoms with Gasteiger partial charge in [0.15, 0.2) is 0 Å². The molecule has 0 aliphatic heterocycles. The molecule has 22 heavy (non-hydrogen) atoms. The molecule has 0 atom stereocenters. The number of carbonyl (C=O) groups excluding carboxylic acids is 1. The highest BCUT2D eigenvalue weighted by atomic mass is 35.5. The van der Waals surface area contributed by atoms with Crippen molar-refractivity contribution in [1.29, 1.82) is 0 Å². The van der Waals surface area contributed by atoms with Crippen molar-refractivity contribution in [3.8, 4) is 0 Å². The van der Waals surface area contributed by atoms with Gasteiger partial charge in [-0.15, -0.1) is 0 Å². The molecule has 4 heteroatoms. The molecule has 0 spiro atoms. The van der Waals surface area contributed by atoms with E-state index in [4.69, 9.17) is 11.6 Å². The van der Waals surface area contributed by atoms with Crippen LogP contribution in [0.15, 0.2) is 48.5 Å². The van der Waals surface area contributed by atoms with Crippen LogP contribution in [0.1, 0.15) is 31.7 Å². The molecule has 0 aliphatic rings. The largest absolute Gasteiger partial charge is 0.385 e. The maximum Gasteiger partial charge on any atom is 0.226 e. The van der Waals surface area contributed by atoms with Crippen molar-refractivity contribution in [2.75, 3.05) is 17.2 Å². The zero-order valence-electron chi connectivity index (χ0n) is 12.9. The summed E-state index contributed by atoms with van der Waals surface area (Å²) >= 11 is 5.88. The lowest BCUT2D eigenvalue weighted by molar-refractivity contribution is -0.115. The highest BCUT2D eigenvalue weighted by molar-refractivity contribution is 6.30. The Morgan fingerprint density at radius 3 is 2.45 bits per heavy atom. The van der Waals surface area contributed by atoms with Crippen LogP contribution in [0.4, 0.5) is 11.4 Å². The van der Waals surface area contributed by atoms with Crippen LogP contribution in [0.25, 0.3) is 0 Å². The minimum absolute atomic E-state index is 0.0337. The standard InChI is InChI=1S/C18H21ClN2O/c1-13(2)14-6-8-16(9-7-14)20-11-10-18(22)21-17-5-3-4-15(19)12-17/h3-9,12-13,20H,10-11H2,1-2H3,(H,21,22). The van der Waals surface area contributed by atoms with Crippen molar-refractivity contribution in [3.05, 3.63) is 59.1 Å². The second-order valence-electron chi connectivity index (χ2n) is 5.51. The van der Waals surface area contributed by atoms with Crippen LogP contribution in [0.2, 0.25) is 5.02 Å². The molecule has 2 aromatic carbocycles. The van der Waals surface area contributed by atoms with Gasteiger partial charge < -0.3 is 10.6 Å². The molecule has 0 fully saturated rings. The first kappa shape index (κ1) is 16.4. The van der Waals surface area contributed by atoms with E-state index < -0.39 is 0 Å². The second kappa shape index (κ2) is 7.85. The lowest BCUT2D eigenvalue weighted by Crippen LogP contribution is -2.16. The fraction of sp³-hybridized carbons (Fsp3) is 0.278. The minimum Gasteiger partial charge on any atom is -0.385 e. The molecule has 2 rings (SSSR count). The Labute approximate surface area is 136 Å². The number of anilines is 2. The fourth-order valence-corrected chi connectivity index (χ4v) is 2.29. The van der Waals surface area contributed by atoms with Gasteiger partial charge in [0.2, 0.25) is 5.91 Å². The summed E-state index contributed by atoms with van der Waals surface area (Å²) < 4.78 is 0. The third-order valence-corrected chi connectivity index (χ3v) is 3.60. The van der Waals surface area contributed by atoms with Crippen LogP contribution in [0, 0.1) is 0 Å². The maximum atomic E-state index is 11.9. The number of rotatable bonds is 6. The smallest absolute Gasteiger partial charge is 0.226 e. The molecule has 3 nitrogen and oxygen atoms in total. The molecule has 0 bridgehead atoms. The Kier molecular flexibility index (Phi) is 5.84. The van der Waals surface area contributed by atoms with Gasteiger partial charge in [0.1, 0.15) is 0 Å². The van der Waals surface area contributed by atoms with Gasteiger partial charge in [0.25, 0.3) is 0 Å². The number of amides is 1. The van der Waals surface area contributed by atoms with Crippen LogP contribution in [-0.2, 0) is 4.79 Å². The lowest BCUT2D eigenvalue weighted by Gasteiger charge is -2.09. The van der Waals surface area contributed by atoms with E-state index in [0.29, 0.717) is 23.9 Å². The van der Waals surface area contributed by atoms with Crippen LogP contribution >= 0.6 is 11.6 Å². The molecule has 116 valence electrons. The van der Waals surface area contributed by atoms with E-state index >= 15 is 0 Å². The van der Waals surface area contributed by atoms with Crippen LogP contribution < -0.4 is 10.6 Å². The predicted molar refractivity (Wildman–Crippen MR) is 93.7 cm³/mol. The minimum atomic E-state index is -0.0337. The van der Waals surface area contributed by atoms with E-state index in [1.54, 1.807) is 12.1 Å². The van der Waals surface area contributed by atoms with E-state index in [2.05, 4.69) is 36.6 Å². The van der Waals surface area contributed by atoms with E-state index in [0.717, 1.165) is 11.4 Å². The van der Waals surface area contributed by atoms with Crippen LogP contribution in [-0.4, -0.2) is 12.5 Å². The summed E-state index contributed by atoms with van der Waals surface area (Å²) in [5.41, 5.74) is 3.06. The first-order valence-corrected chi connectivity index (χ1v) is 7.81. The first-order chi connectivity index (χ1) is 10.5. The highest BCUT2D eigenvalue weighted by Gasteiger charge is 2.03. The SMILES string of the molecule is CC(C)c1ccc(NCCC(=O)Nc2cccc(Cl)c2)cc1. The Morgan fingerprint density at radius 1 is 1.09 bits per heavy atom. The Hall–Kier alpha value is -2.00. The summed E-state index contributed by atoms with van der Waals surface area (Å²) in [4.78, 5) is 11.9. The molecule has 0 saturated heterocycles. The Morgan fingerprint density at radius 2 is 1.82 bits per heavy atom. The van der Waals surface area contributed by atoms with Crippen LogP contribution in [0.5, 0.6) is 0 Å². The fourth-order valence-electron chi connectivity index (χ4n) is 2.10. The second-order valence-corrected chi connectivity index (χ2v) is 5.95. The molecule has 0 saturated carbocycles. The quantitative estimate of drug-likeness (QED) is 0.795. The molecule has 2 aromatic rings. The molecule has 1 amide bonds. The molecule has 0 aliphatic carbocycles. The van der Waals surface area contributed by atoms with Crippen molar-refractivity contribution in [1.82, 2.24) is 0 Å². The van der Waals surface area contributed by atoms with Gasteiger partial charge in [-0.25, -0.2) is 0 Å². The van der Waals surface area contributed by atoms with Gasteiger partial charge in [-0.05, 0) is 41.8 Å². The molecule has 0 heterocycles. The van der Waals surface area contributed by atoms with Gasteiger partial charge >= 0.3 is 0 Å². The van der Waals surface area contributed by atoms with Crippen molar-refractivity contribution in [2.45, 2.75) is 26.2 Å². The normalized spacial score (nSPS) is 10.5. The lowest BCUT2D eigenvalue weighted by atomic mass is 10.0. The average molecular weight is 317 g/mol. The van der Waals surface area contributed by atoms with Gasteiger partial charge in [0.05, 0.1) is 0 Å². The summed E-state index contributed by atoms with van der Waals surface area (Å²) in [6.07, 6.45) is 0.401. The molecule has 0 aromatic heterocycles. The summed E-state index contributed by atoms with van der Waals surface area (Å²) in [6.45, 7) is 4.93. The Bertz CT molecular complexity index is 623. The maximum absolute atomic E-state index is 11.9. The van der Waals surface area contributed by atoms with E-state index in [-0.39, 0.29) is 5.91 Å². The highest BCUT2D eigenvalue weighted by Crippen LogP contribution is 2.17. The number of nitrogens with one attached hydrogen (secondary N) is 2. The zero-order chi connectivity index (χ0) is 15.9. The monoisotopic (exact) mass is 316 g/mol. The van der Waals surface area contributed by atoms with Gasteiger partial charge in [-0.1, -0.05) is 43.6 Å². The van der Waals surface area contributed by atoms with Crippen molar-refractivity contribution in [3.63, 3.8) is 0 Å². The number of halogens is 1. The average Bonchev–Trinajstić information content (AvgIpc) is 2.47. The van der Waals surface area contributed by atoms with E-state index in [9.17, 15) is 4.79 Å². The van der Waals surface area contributed by atoms with Crippen LogP contribution in [0.3, 0.4) is 0 Å². The molecular weight excluding hydrogens is 296 g/mol. The summed E-state index contributed by atoms with van der Waals surface area (Å²) in [5.74, 6) is 0.492. The summed E-state index contributed by atoms with van der Waals surface area (Å²) in [7, 11) is 0. The molecule has 0 unspecified atom stereocenters. The topological polar surface area (TPSA) is 41.1 Å². The van der Waals surface area contributed by atoms with Gasteiger partial charge in [-0.3, -0.25) is 4.79 Å². The van der Waals surface area contributed by atoms with E-state index in [1.165, 1.54) is 5.56 Å². The van der Waals surface area contributed by atoms with Gasteiger partial charge in [-0.2, -0.15) is 0 Å². The van der Waals surface area contributed by atoms with Crippen molar-refractivity contribution in [2.24, 2.45) is 0 Å². The molecular formula is C18H21ClN2O. The number of hydrogen-bond acceptors (Lipinski definition) is 2. The predicted octanol–water partition coefficient (Wildman–Crippen LogP) is 4.90. The zero-order valence-corrected chi connectivity index (χ0v) is 13.7.